The van der Waals surface area contributed by atoms with Crippen molar-refractivity contribution in [3.05, 3.63) is 80.6 Å². The Hall–Kier alpha value is -2.21. The van der Waals surface area contributed by atoms with Gasteiger partial charge in [-0.2, -0.15) is 0 Å². The first-order valence-corrected chi connectivity index (χ1v) is 10.7. The van der Waals surface area contributed by atoms with Crippen LogP contribution in [0.25, 0.3) is 0 Å². The maximum absolute atomic E-state index is 12.9. The number of aliphatic hydroxyl groups is 1. The molecule has 0 aromatic heterocycles. The Morgan fingerprint density at radius 2 is 2.00 bits per heavy atom. The van der Waals surface area contributed by atoms with Gasteiger partial charge in [-0.15, -0.1) is 0 Å². The molecule has 0 spiro atoms. The quantitative estimate of drug-likeness (QED) is 0.141. The zero-order valence-electron chi connectivity index (χ0n) is 17.8. The lowest BCUT2D eigenvalue weighted by Gasteiger charge is -2.28. The van der Waals surface area contributed by atoms with E-state index in [0.29, 0.717) is 46.4 Å². The van der Waals surface area contributed by atoms with Crippen LogP contribution < -0.4 is 5.32 Å². The number of nitrogens with one attached hydrogen (secondary N) is 1. The normalized spacial score (nSPS) is 13.9. The lowest BCUT2D eigenvalue weighted by atomic mass is 9.95. The zero-order chi connectivity index (χ0) is 23.6. The molecule has 0 bridgehead atoms. The van der Waals surface area contributed by atoms with Crippen LogP contribution in [0.2, 0.25) is 10.0 Å². The highest BCUT2D eigenvalue weighted by Gasteiger charge is 2.29. The van der Waals surface area contributed by atoms with Crippen LogP contribution in [0.5, 0.6) is 0 Å². The van der Waals surface area contributed by atoms with Gasteiger partial charge in [0.05, 0.1) is 21.7 Å². The third-order valence-electron chi connectivity index (χ3n) is 4.52. The van der Waals surface area contributed by atoms with Gasteiger partial charge in [-0.05, 0) is 56.0 Å². The largest absolute Gasteiger partial charge is 0.512 e. The third kappa shape index (κ3) is 8.09. The number of likely N-dealkylation sites (N-methyl/N-ethyl adjacent to an activating group) is 1. The number of carbonyl (C=O) groups excluding carboxylic acids is 2. The molecule has 0 radical (unpaired) electrons. The number of hydrogen-bond donors (Lipinski definition) is 2. The molecule has 0 saturated carbocycles. The topological polar surface area (TPSA) is 69.6 Å². The van der Waals surface area contributed by atoms with Crippen LogP contribution in [0, 0.1) is 0 Å². The number of carbonyl (C=O) groups is 2. The van der Waals surface area contributed by atoms with E-state index in [1.54, 1.807) is 31.2 Å². The summed E-state index contributed by atoms with van der Waals surface area (Å²) in [6.45, 7) is 7.27. The van der Waals surface area contributed by atoms with Crippen molar-refractivity contribution >= 4 is 47.1 Å². The minimum absolute atomic E-state index is 0.0378. The molecule has 168 valence electrons. The van der Waals surface area contributed by atoms with Crippen LogP contribution in [0.4, 0.5) is 0 Å². The molecule has 1 atom stereocenters. The number of aliphatic hydroxyl groups excluding tert-OH is 1. The van der Waals surface area contributed by atoms with Gasteiger partial charge in [0.15, 0.2) is 0 Å². The molecule has 2 N–H and O–H groups in total. The van der Waals surface area contributed by atoms with Crippen molar-refractivity contribution in [2.75, 3.05) is 13.6 Å². The molecule has 5 nitrogen and oxygen atoms in total. The van der Waals surface area contributed by atoms with Gasteiger partial charge >= 0.3 is 0 Å². The fourth-order valence-corrected chi connectivity index (χ4v) is 3.38. The highest BCUT2D eigenvalue weighted by Crippen LogP contribution is 2.24. The van der Waals surface area contributed by atoms with E-state index in [1.165, 1.54) is 24.9 Å². The van der Waals surface area contributed by atoms with E-state index in [4.69, 9.17) is 34.8 Å². The third-order valence-corrected chi connectivity index (χ3v) is 5.59. The number of hydrogen-bond acceptors (Lipinski definition) is 3. The van der Waals surface area contributed by atoms with Gasteiger partial charge in [0.1, 0.15) is 5.76 Å². The van der Waals surface area contributed by atoms with E-state index < -0.39 is 11.9 Å². The van der Waals surface area contributed by atoms with E-state index in [2.05, 4.69) is 11.9 Å². The first-order chi connectivity index (χ1) is 14.7. The van der Waals surface area contributed by atoms with Crippen molar-refractivity contribution in [1.82, 2.24) is 10.2 Å². The first-order valence-electron chi connectivity index (χ1n) is 9.61. The summed E-state index contributed by atoms with van der Waals surface area (Å²) >= 11 is 18.1. The predicted octanol–water partition coefficient (Wildman–Crippen LogP) is 5.59. The standard InChI is InChI=1S/C23H27Cl3N2O3/c1-5-17(13-18(24)6-2)22(28(4)14-29)21(15(3)30)23(31)27-11-7-8-16-9-10-19(25)20(26)12-16/h5-6,9-10,12-14,22,30H,1,7-8,11H2,2-4H3,(H,27,31)/b17-13+,18-6+,21-15-. The summed E-state index contributed by atoms with van der Waals surface area (Å²) in [5.41, 5.74) is 1.53. The molecule has 0 aliphatic heterocycles. The Balaban J connectivity index is 3.00. The number of amides is 2. The molecule has 1 rings (SSSR count). The molecule has 1 aromatic carbocycles. The van der Waals surface area contributed by atoms with E-state index in [-0.39, 0.29) is 11.3 Å². The van der Waals surface area contributed by atoms with Gasteiger partial charge in [-0.25, -0.2) is 0 Å². The molecular formula is C23H27Cl3N2O3. The van der Waals surface area contributed by atoms with Gasteiger partial charge in [0, 0.05) is 18.6 Å². The Bertz CT molecular complexity index is 903. The molecule has 31 heavy (non-hydrogen) atoms. The number of allylic oxidation sites excluding steroid dienone is 4. The maximum atomic E-state index is 12.9. The van der Waals surface area contributed by atoms with E-state index in [0.717, 1.165) is 5.56 Å². The molecule has 1 unspecified atom stereocenters. The second-order valence-electron chi connectivity index (χ2n) is 6.80. The van der Waals surface area contributed by atoms with Crippen molar-refractivity contribution in [3.8, 4) is 0 Å². The van der Waals surface area contributed by atoms with Crippen LogP contribution in [-0.2, 0) is 16.0 Å². The van der Waals surface area contributed by atoms with Crippen LogP contribution >= 0.6 is 34.8 Å². The Morgan fingerprint density at radius 1 is 1.32 bits per heavy atom. The molecule has 0 aliphatic carbocycles. The Kier molecular flexibility index (Phi) is 11.5. The molecule has 8 heteroatoms. The second-order valence-corrected chi connectivity index (χ2v) is 8.05. The molecule has 0 aliphatic rings. The Labute approximate surface area is 198 Å². The van der Waals surface area contributed by atoms with Gasteiger partial charge in [0.25, 0.3) is 5.91 Å². The van der Waals surface area contributed by atoms with E-state index >= 15 is 0 Å². The average molecular weight is 486 g/mol. The van der Waals surface area contributed by atoms with Crippen LogP contribution in [-0.4, -0.2) is 42.0 Å². The van der Waals surface area contributed by atoms with Crippen LogP contribution in [0.1, 0.15) is 25.8 Å². The van der Waals surface area contributed by atoms with Gasteiger partial charge < -0.3 is 15.3 Å². The predicted molar refractivity (Wildman–Crippen MR) is 129 cm³/mol. The number of aryl methyl sites for hydroxylation is 1. The monoisotopic (exact) mass is 484 g/mol. The lowest BCUT2D eigenvalue weighted by Crippen LogP contribution is -2.41. The molecule has 0 saturated heterocycles. The number of rotatable bonds is 11. The lowest BCUT2D eigenvalue weighted by molar-refractivity contribution is -0.120. The smallest absolute Gasteiger partial charge is 0.253 e. The summed E-state index contributed by atoms with van der Waals surface area (Å²) in [6, 6.07) is 4.53. The molecule has 0 fully saturated rings. The van der Waals surface area contributed by atoms with Gasteiger partial charge in [-0.1, -0.05) is 59.6 Å². The zero-order valence-corrected chi connectivity index (χ0v) is 20.1. The summed E-state index contributed by atoms with van der Waals surface area (Å²) in [4.78, 5) is 25.7. The molecule has 1 aromatic rings. The summed E-state index contributed by atoms with van der Waals surface area (Å²) in [6.07, 6.45) is 6.66. The highest BCUT2D eigenvalue weighted by atomic mass is 35.5. The second kappa shape index (κ2) is 13.3. The van der Waals surface area contributed by atoms with Crippen LogP contribution in [0.3, 0.4) is 0 Å². The average Bonchev–Trinajstić information content (AvgIpc) is 2.74. The molecule has 0 heterocycles. The summed E-state index contributed by atoms with van der Waals surface area (Å²) < 4.78 is 0. The fraction of sp³-hybridized carbons (Fsp3) is 0.304. The highest BCUT2D eigenvalue weighted by molar-refractivity contribution is 6.42. The van der Waals surface area contributed by atoms with Crippen molar-refractivity contribution in [2.45, 2.75) is 32.7 Å². The van der Waals surface area contributed by atoms with E-state index in [1.807, 2.05) is 6.07 Å². The fourth-order valence-electron chi connectivity index (χ4n) is 2.93. The van der Waals surface area contributed by atoms with Gasteiger partial charge in [-0.3, -0.25) is 9.59 Å². The minimum atomic E-state index is -0.858. The summed E-state index contributed by atoms with van der Waals surface area (Å²) in [7, 11) is 1.51. The Morgan fingerprint density at radius 3 is 2.52 bits per heavy atom. The minimum Gasteiger partial charge on any atom is -0.512 e. The maximum Gasteiger partial charge on any atom is 0.253 e. The molecule has 2 amide bonds. The number of halogens is 3. The van der Waals surface area contributed by atoms with Crippen molar-refractivity contribution in [1.29, 1.82) is 0 Å². The first kappa shape index (κ1) is 26.8. The number of nitrogens with zero attached hydrogens (tertiary/aromatic N) is 1. The summed E-state index contributed by atoms with van der Waals surface area (Å²) in [5.74, 6) is -0.692. The molecular weight excluding hydrogens is 459 g/mol. The van der Waals surface area contributed by atoms with Crippen LogP contribution in [0.15, 0.2) is 64.9 Å². The van der Waals surface area contributed by atoms with Crippen molar-refractivity contribution in [2.24, 2.45) is 0 Å². The number of benzene rings is 1. The van der Waals surface area contributed by atoms with Crippen molar-refractivity contribution in [3.63, 3.8) is 0 Å². The van der Waals surface area contributed by atoms with Gasteiger partial charge in [0.2, 0.25) is 6.41 Å². The van der Waals surface area contributed by atoms with Crippen molar-refractivity contribution < 1.29 is 14.7 Å². The van der Waals surface area contributed by atoms with E-state index in [9.17, 15) is 14.7 Å². The summed E-state index contributed by atoms with van der Waals surface area (Å²) in [5, 5.41) is 14.4. The SMILES string of the molecule is C=C/C(=C\C(Cl)=C/C)C(/C(C(=O)NCCCc1ccc(Cl)c(Cl)c1)=C(\C)O)N(C)C=O.